The number of halogens is 1. The maximum Gasteiger partial charge on any atom is 0.267 e. The molecule has 2 N–H and O–H groups in total. The van der Waals surface area contributed by atoms with Crippen LogP contribution in [-0.2, 0) is 4.79 Å². The molecule has 2 saturated heterocycles. The predicted octanol–water partition coefficient (Wildman–Crippen LogP) is 2.96. The average Bonchev–Trinajstić information content (AvgIpc) is 3.42. The summed E-state index contributed by atoms with van der Waals surface area (Å²) in [5, 5.41) is 3.63. The van der Waals surface area contributed by atoms with E-state index in [1.165, 1.54) is 6.07 Å². The first-order chi connectivity index (χ1) is 14.4. The summed E-state index contributed by atoms with van der Waals surface area (Å²) in [6, 6.07) is 5.93. The zero-order valence-electron chi connectivity index (χ0n) is 17.6. The first kappa shape index (κ1) is 19.5. The molecule has 1 aliphatic carbocycles. The van der Waals surface area contributed by atoms with Crippen molar-refractivity contribution < 1.29 is 14.0 Å². The van der Waals surface area contributed by atoms with Gasteiger partial charge in [0.2, 0.25) is 5.91 Å². The van der Waals surface area contributed by atoms with E-state index in [0.717, 1.165) is 44.2 Å². The van der Waals surface area contributed by atoms with Gasteiger partial charge in [0.15, 0.2) is 0 Å². The highest BCUT2D eigenvalue weighted by Crippen LogP contribution is 2.36. The lowest BCUT2D eigenvalue weighted by atomic mass is 9.89. The molecule has 0 radical (unpaired) electrons. The first-order valence-electron chi connectivity index (χ1n) is 11.0. The minimum atomic E-state index is -0.316. The number of hydrogen-bond donors (Lipinski definition) is 2. The minimum absolute atomic E-state index is 0.0995. The topological polar surface area (TPSA) is 68.4 Å². The number of benzene rings is 1. The minimum Gasteiger partial charge on any atom is -0.350 e. The van der Waals surface area contributed by atoms with Gasteiger partial charge >= 0.3 is 0 Å². The van der Waals surface area contributed by atoms with E-state index in [9.17, 15) is 14.0 Å². The van der Waals surface area contributed by atoms with E-state index in [4.69, 9.17) is 0 Å². The van der Waals surface area contributed by atoms with Crippen molar-refractivity contribution in [2.75, 3.05) is 13.6 Å². The number of H-pyrrole nitrogens is 1. The molecule has 3 heterocycles. The van der Waals surface area contributed by atoms with Crippen molar-refractivity contribution in [2.24, 2.45) is 0 Å². The third-order valence-corrected chi connectivity index (χ3v) is 7.47. The van der Waals surface area contributed by atoms with E-state index in [0.29, 0.717) is 41.1 Å². The first-order valence-corrected chi connectivity index (χ1v) is 11.0. The van der Waals surface area contributed by atoms with Crippen LogP contribution in [0.25, 0.3) is 10.9 Å². The molecular formula is C23H29FN4O2. The van der Waals surface area contributed by atoms with Crippen LogP contribution < -0.4 is 5.32 Å². The molecule has 1 aromatic carbocycles. The Morgan fingerprint density at radius 1 is 1.23 bits per heavy atom. The molecule has 2 amide bonds. The fourth-order valence-electron chi connectivity index (χ4n) is 5.83. The van der Waals surface area contributed by atoms with Crippen molar-refractivity contribution in [3.8, 4) is 0 Å². The summed E-state index contributed by atoms with van der Waals surface area (Å²) in [6.07, 6.45) is 5.70. The molecule has 0 bridgehead atoms. The number of likely N-dealkylation sites (N-methyl/N-ethyl adjacent to an activating group) is 1. The third-order valence-electron chi connectivity index (χ3n) is 7.47. The Morgan fingerprint density at radius 3 is 2.87 bits per heavy atom. The summed E-state index contributed by atoms with van der Waals surface area (Å²) in [4.78, 5) is 32.5. The zero-order chi connectivity index (χ0) is 21.0. The smallest absolute Gasteiger partial charge is 0.267 e. The summed E-state index contributed by atoms with van der Waals surface area (Å²) in [5.41, 5.74) is 2.01. The molecule has 160 valence electrons. The molecule has 3 fully saturated rings. The standard InChI is InChI=1S/C23H29FN4O2/c1-13-6-7-17(24)16-11-18(26-22(13)16)23(30)25-14-4-3-5-15(10-14)28-9-8-19-20(28)12-21(29)27(19)2/h6-7,11,14-15,19-20,26H,3-5,8-10,12H2,1-2H3,(H,25,30)/t14-,15+,19-,20-/m1/s1. The maximum absolute atomic E-state index is 14.1. The van der Waals surface area contributed by atoms with Crippen molar-refractivity contribution in [3.63, 3.8) is 0 Å². The second-order valence-corrected chi connectivity index (χ2v) is 9.20. The second-order valence-electron chi connectivity index (χ2n) is 9.20. The third kappa shape index (κ3) is 3.20. The number of likely N-dealkylation sites (tertiary alicyclic amines) is 2. The zero-order valence-corrected chi connectivity index (χ0v) is 17.6. The van der Waals surface area contributed by atoms with Crippen molar-refractivity contribution >= 4 is 22.7 Å². The second kappa shape index (κ2) is 7.38. The SMILES string of the molecule is Cc1ccc(F)c2cc(C(=O)N[C@@H]3CCC[C@H](N4CC[C@@H]5[C@H]4CC(=O)N5C)C3)[nH]c12. The number of carbonyl (C=O) groups is 2. The number of hydrogen-bond acceptors (Lipinski definition) is 3. The van der Waals surface area contributed by atoms with Gasteiger partial charge < -0.3 is 15.2 Å². The van der Waals surface area contributed by atoms with E-state index in [2.05, 4.69) is 15.2 Å². The van der Waals surface area contributed by atoms with Gasteiger partial charge in [-0.05, 0) is 56.7 Å². The molecule has 3 aliphatic rings. The van der Waals surface area contributed by atoms with Crippen molar-refractivity contribution in [1.29, 1.82) is 0 Å². The van der Waals surface area contributed by atoms with Gasteiger partial charge in [-0.25, -0.2) is 4.39 Å². The summed E-state index contributed by atoms with van der Waals surface area (Å²) >= 11 is 0. The molecule has 6 nitrogen and oxygen atoms in total. The lowest BCUT2D eigenvalue weighted by molar-refractivity contribution is -0.127. The molecule has 0 spiro atoms. The largest absolute Gasteiger partial charge is 0.350 e. The summed E-state index contributed by atoms with van der Waals surface area (Å²) in [6.45, 7) is 2.93. The maximum atomic E-state index is 14.1. The highest BCUT2D eigenvalue weighted by Gasteiger charge is 2.47. The number of nitrogens with zero attached hydrogens (tertiary/aromatic N) is 2. The van der Waals surface area contributed by atoms with Crippen LogP contribution in [0.2, 0.25) is 0 Å². The molecule has 1 saturated carbocycles. The highest BCUT2D eigenvalue weighted by atomic mass is 19.1. The molecular weight excluding hydrogens is 383 g/mol. The van der Waals surface area contributed by atoms with Gasteiger partial charge in [0.25, 0.3) is 5.91 Å². The molecule has 2 aromatic rings. The molecule has 5 rings (SSSR count). The van der Waals surface area contributed by atoms with Crippen LogP contribution in [0.15, 0.2) is 18.2 Å². The van der Waals surface area contributed by atoms with Crippen LogP contribution in [0, 0.1) is 12.7 Å². The Hall–Kier alpha value is -2.41. The van der Waals surface area contributed by atoms with E-state index in [-0.39, 0.29) is 23.7 Å². The van der Waals surface area contributed by atoms with E-state index < -0.39 is 0 Å². The summed E-state index contributed by atoms with van der Waals surface area (Å²) in [5.74, 6) is -0.245. The van der Waals surface area contributed by atoms with E-state index in [1.54, 1.807) is 12.1 Å². The van der Waals surface area contributed by atoms with E-state index in [1.807, 2.05) is 18.9 Å². The number of rotatable bonds is 3. The number of carbonyl (C=O) groups excluding carboxylic acids is 2. The Kier molecular flexibility index (Phi) is 4.81. The van der Waals surface area contributed by atoms with Crippen LogP contribution in [0.3, 0.4) is 0 Å². The lowest BCUT2D eigenvalue weighted by Crippen LogP contribution is -2.48. The molecule has 1 aromatic heterocycles. The van der Waals surface area contributed by atoms with Gasteiger partial charge in [0.1, 0.15) is 11.5 Å². The van der Waals surface area contributed by atoms with Gasteiger partial charge in [0.05, 0.1) is 5.52 Å². The highest BCUT2D eigenvalue weighted by molar-refractivity contribution is 5.99. The number of amides is 2. The van der Waals surface area contributed by atoms with Crippen LogP contribution in [-0.4, -0.2) is 64.4 Å². The Balaban J connectivity index is 1.27. The fourth-order valence-corrected chi connectivity index (χ4v) is 5.83. The summed E-state index contributed by atoms with van der Waals surface area (Å²) in [7, 11) is 1.92. The van der Waals surface area contributed by atoms with E-state index >= 15 is 0 Å². The van der Waals surface area contributed by atoms with Gasteiger partial charge in [-0.3, -0.25) is 14.5 Å². The van der Waals surface area contributed by atoms with Gasteiger partial charge in [0, 0.05) is 49.6 Å². The lowest BCUT2D eigenvalue weighted by Gasteiger charge is -2.38. The normalized spacial score (nSPS) is 29.6. The van der Waals surface area contributed by atoms with Crippen molar-refractivity contribution in [3.05, 3.63) is 35.3 Å². The quantitative estimate of drug-likeness (QED) is 0.815. The Morgan fingerprint density at radius 2 is 2.07 bits per heavy atom. The number of aromatic amines is 1. The predicted molar refractivity (Wildman–Crippen MR) is 113 cm³/mol. The molecule has 2 aliphatic heterocycles. The number of nitrogens with one attached hydrogen (secondary N) is 2. The van der Waals surface area contributed by atoms with Crippen molar-refractivity contribution in [2.45, 2.75) is 69.6 Å². The molecule has 4 atom stereocenters. The van der Waals surface area contributed by atoms with Gasteiger partial charge in [-0.2, -0.15) is 0 Å². The molecule has 0 unspecified atom stereocenters. The summed E-state index contributed by atoms with van der Waals surface area (Å²) < 4.78 is 14.1. The Labute approximate surface area is 175 Å². The van der Waals surface area contributed by atoms with Gasteiger partial charge in [-0.15, -0.1) is 0 Å². The molecule has 7 heteroatoms. The monoisotopic (exact) mass is 412 g/mol. The average molecular weight is 413 g/mol. The molecule has 30 heavy (non-hydrogen) atoms. The number of aromatic nitrogens is 1. The van der Waals surface area contributed by atoms with Crippen LogP contribution >= 0.6 is 0 Å². The Bertz CT molecular complexity index is 963. The fraction of sp³-hybridized carbons (Fsp3) is 0.565. The van der Waals surface area contributed by atoms with Crippen LogP contribution in [0.4, 0.5) is 4.39 Å². The van der Waals surface area contributed by atoms with Crippen LogP contribution in [0.1, 0.15) is 54.6 Å². The number of fused-ring (bicyclic) bond motifs is 2. The van der Waals surface area contributed by atoms with Crippen molar-refractivity contribution in [1.82, 2.24) is 20.1 Å². The van der Waals surface area contributed by atoms with Crippen LogP contribution in [0.5, 0.6) is 0 Å². The van der Waals surface area contributed by atoms with Gasteiger partial charge in [-0.1, -0.05) is 6.07 Å². The number of aryl methyl sites for hydroxylation is 1.